The van der Waals surface area contributed by atoms with E-state index in [1.807, 2.05) is 0 Å². The van der Waals surface area contributed by atoms with Crippen LogP contribution in [0.1, 0.15) is 43.4 Å². The van der Waals surface area contributed by atoms with E-state index in [-0.39, 0.29) is 0 Å². The summed E-state index contributed by atoms with van der Waals surface area (Å²) < 4.78 is 38.4. The summed E-state index contributed by atoms with van der Waals surface area (Å²) in [5, 5.41) is 4.18. The molecule has 2 saturated heterocycles. The van der Waals surface area contributed by atoms with Crippen LogP contribution in [0.2, 0.25) is 0 Å². The van der Waals surface area contributed by atoms with Crippen molar-refractivity contribution >= 4 is 27.4 Å². The van der Waals surface area contributed by atoms with Crippen LogP contribution >= 0.6 is 11.3 Å². The molecular weight excluding hydrogens is 435 g/mol. The lowest BCUT2D eigenvalue weighted by atomic mass is 9.71. The van der Waals surface area contributed by atoms with Crippen molar-refractivity contribution in [3.05, 3.63) is 17.3 Å². The molecule has 0 atom stereocenters. The monoisotopic (exact) mass is 467 g/mol. The number of rotatable bonds is 5. The molecule has 3 aliphatic rings. The van der Waals surface area contributed by atoms with E-state index in [1.54, 1.807) is 6.07 Å². The van der Waals surface area contributed by atoms with Crippen LogP contribution in [0.3, 0.4) is 0 Å². The Morgan fingerprint density at radius 2 is 1.84 bits per heavy atom. The van der Waals surface area contributed by atoms with E-state index in [1.165, 1.54) is 51.4 Å². The summed E-state index contributed by atoms with van der Waals surface area (Å²) in [5.41, 5.74) is 0.336. The van der Waals surface area contributed by atoms with E-state index < -0.39 is 12.6 Å². The van der Waals surface area contributed by atoms with Crippen molar-refractivity contribution in [3.63, 3.8) is 0 Å². The maximum absolute atomic E-state index is 12.8. The van der Waals surface area contributed by atoms with E-state index in [0.717, 1.165) is 54.6 Å². The smallest absolute Gasteiger partial charge is 0.355 e. The maximum atomic E-state index is 12.8. The standard InChI is InChI=1S/C23H32F3N5S/c1-27-17-4-2-16(3-5-17)12-30-8-6-22(7-9-30)13-31(14-22)20-19-10-18(11-23(24,25)26)32-21(19)29-15-28-20/h10,15-17,27H,2-9,11-14H2,1H3. The van der Waals surface area contributed by atoms with Gasteiger partial charge >= 0.3 is 6.18 Å². The predicted octanol–water partition coefficient (Wildman–Crippen LogP) is 4.48. The lowest BCUT2D eigenvalue weighted by molar-refractivity contribution is -0.126. The van der Waals surface area contributed by atoms with Gasteiger partial charge in [0.2, 0.25) is 0 Å². The largest absolute Gasteiger partial charge is 0.393 e. The summed E-state index contributed by atoms with van der Waals surface area (Å²) in [4.78, 5) is 14.5. The Labute approximate surface area is 191 Å². The first-order valence-corrected chi connectivity index (χ1v) is 12.6. The molecule has 5 nitrogen and oxygen atoms in total. The third-order valence-corrected chi connectivity index (χ3v) is 8.82. The molecule has 0 unspecified atom stereocenters. The average molecular weight is 468 g/mol. The van der Waals surface area contributed by atoms with Gasteiger partial charge in [0.1, 0.15) is 17.0 Å². The van der Waals surface area contributed by atoms with Crippen LogP contribution in [-0.2, 0) is 6.42 Å². The first-order chi connectivity index (χ1) is 15.3. The zero-order valence-corrected chi connectivity index (χ0v) is 19.4. The van der Waals surface area contributed by atoms with E-state index in [4.69, 9.17) is 0 Å². The molecule has 176 valence electrons. The summed E-state index contributed by atoms with van der Waals surface area (Å²) >= 11 is 1.13. The van der Waals surface area contributed by atoms with Crippen LogP contribution in [0.4, 0.5) is 19.0 Å². The van der Waals surface area contributed by atoms with Crippen molar-refractivity contribution < 1.29 is 13.2 Å². The minimum atomic E-state index is -4.20. The number of fused-ring (bicyclic) bond motifs is 1. The highest BCUT2D eigenvalue weighted by Gasteiger charge is 2.46. The van der Waals surface area contributed by atoms with Gasteiger partial charge in [0.15, 0.2) is 0 Å². The van der Waals surface area contributed by atoms with E-state index in [0.29, 0.717) is 21.2 Å². The molecule has 2 aromatic rings. The second kappa shape index (κ2) is 8.72. The van der Waals surface area contributed by atoms with Crippen molar-refractivity contribution in [2.75, 3.05) is 44.7 Å². The molecule has 0 bridgehead atoms. The SMILES string of the molecule is CNC1CCC(CN2CCC3(CC2)CN(c2ncnc4sc(CC(F)(F)F)cc24)C3)CC1. The summed E-state index contributed by atoms with van der Waals surface area (Å²) in [7, 11) is 2.07. The number of nitrogens with one attached hydrogen (secondary N) is 1. The Bertz CT molecular complexity index is 921. The number of hydrogen-bond donors (Lipinski definition) is 1. The molecule has 0 radical (unpaired) electrons. The molecule has 2 aromatic heterocycles. The Hall–Kier alpha value is -1.45. The Morgan fingerprint density at radius 3 is 2.50 bits per heavy atom. The zero-order chi connectivity index (χ0) is 22.3. The number of hydrogen-bond acceptors (Lipinski definition) is 6. The second-order valence-electron chi connectivity index (χ2n) is 10.1. The Morgan fingerprint density at radius 1 is 1.12 bits per heavy atom. The molecule has 1 aliphatic carbocycles. The van der Waals surface area contributed by atoms with Gasteiger partial charge in [-0.15, -0.1) is 11.3 Å². The van der Waals surface area contributed by atoms with Gasteiger partial charge in [0, 0.05) is 36.0 Å². The highest BCUT2D eigenvalue weighted by Crippen LogP contribution is 2.44. The molecule has 1 spiro atoms. The van der Waals surface area contributed by atoms with Crippen LogP contribution < -0.4 is 10.2 Å². The van der Waals surface area contributed by atoms with Crippen LogP contribution in [0.15, 0.2) is 12.4 Å². The van der Waals surface area contributed by atoms with Crippen LogP contribution in [-0.4, -0.2) is 66.9 Å². The van der Waals surface area contributed by atoms with Gasteiger partial charge in [-0.2, -0.15) is 13.2 Å². The Balaban J connectivity index is 1.16. The highest BCUT2D eigenvalue weighted by atomic mass is 32.1. The van der Waals surface area contributed by atoms with Crippen molar-refractivity contribution in [2.45, 2.75) is 57.2 Å². The van der Waals surface area contributed by atoms with Crippen LogP contribution in [0.25, 0.3) is 10.2 Å². The molecule has 3 fully saturated rings. The fourth-order valence-corrected chi connectivity index (χ4v) is 6.89. The van der Waals surface area contributed by atoms with Gasteiger partial charge in [-0.1, -0.05) is 0 Å². The lowest BCUT2D eigenvalue weighted by Gasteiger charge is -2.55. The normalized spacial score (nSPS) is 26.6. The van der Waals surface area contributed by atoms with E-state index in [9.17, 15) is 13.2 Å². The molecule has 4 heterocycles. The fraction of sp³-hybridized carbons (Fsp3) is 0.739. The molecule has 32 heavy (non-hydrogen) atoms. The third kappa shape index (κ3) is 4.75. The minimum absolute atomic E-state index is 0.307. The number of piperidine rings is 1. The quantitative estimate of drug-likeness (QED) is 0.703. The van der Waals surface area contributed by atoms with Gasteiger partial charge in [-0.3, -0.25) is 0 Å². The molecule has 0 amide bonds. The summed E-state index contributed by atoms with van der Waals surface area (Å²) in [5.74, 6) is 1.64. The molecule has 2 aliphatic heterocycles. The second-order valence-corrected chi connectivity index (χ2v) is 11.2. The van der Waals surface area contributed by atoms with Crippen molar-refractivity contribution in [1.82, 2.24) is 20.2 Å². The zero-order valence-electron chi connectivity index (χ0n) is 18.6. The molecular formula is C23H32F3N5S. The van der Waals surface area contributed by atoms with Crippen molar-refractivity contribution in [2.24, 2.45) is 11.3 Å². The number of alkyl halides is 3. The minimum Gasteiger partial charge on any atom is -0.355 e. The van der Waals surface area contributed by atoms with Crippen LogP contribution in [0, 0.1) is 11.3 Å². The van der Waals surface area contributed by atoms with Gasteiger partial charge in [-0.25, -0.2) is 9.97 Å². The topological polar surface area (TPSA) is 44.3 Å². The van der Waals surface area contributed by atoms with Gasteiger partial charge < -0.3 is 15.1 Å². The molecule has 5 rings (SSSR count). The summed E-state index contributed by atoms with van der Waals surface area (Å²) in [6.07, 6.45) is 4.06. The van der Waals surface area contributed by atoms with Gasteiger partial charge in [0.05, 0.1) is 11.8 Å². The summed E-state index contributed by atoms with van der Waals surface area (Å²) in [6.45, 7) is 5.45. The fourth-order valence-electron chi connectivity index (χ4n) is 5.87. The maximum Gasteiger partial charge on any atom is 0.393 e. The molecule has 0 aromatic carbocycles. The number of halogens is 3. The van der Waals surface area contributed by atoms with Crippen LogP contribution in [0.5, 0.6) is 0 Å². The summed E-state index contributed by atoms with van der Waals surface area (Å²) in [6, 6.07) is 2.34. The number of aromatic nitrogens is 2. The molecule has 9 heteroatoms. The van der Waals surface area contributed by atoms with Gasteiger partial charge in [0.25, 0.3) is 0 Å². The van der Waals surface area contributed by atoms with Crippen molar-refractivity contribution in [1.29, 1.82) is 0 Å². The van der Waals surface area contributed by atoms with Gasteiger partial charge in [-0.05, 0) is 70.6 Å². The number of anilines is 1. The van der Waals surface area contributed by atoms with E-state index in [2.05, 4.69) is 32.1 Å². The third-order valence-electron chi connectivity index (χ3n) is 7.77. The number of nitrogens with zero attached hydrogens (tertiary/aromatic N) is 4. The number of thiophene rings is 1. The molecule has 1 saturated carbocycles. The molecule has 1 N–H and O–H groups in total. The first-order valence-electron chi connectivity index (χ1n) is 11.8. The highest BCUT2D eigenvalue weighted by molar-refractivity contribution is 7.18. The number of likely N-dealkylation sites (tertiary alicyclic amines) is 1. The van der Waals surface area contributed by atoms with E-state index >= 15 is 0 Å². The first kappa shape index (κ1) is 22.3. The van der Waals surface area contributed by atoms with Crippen molar-refractivity contribution in [3.8, 4) is 0 Å². The Kier molecular flexibility index (Phi) is 6.09. The lowest BCUT2D eigenvalue weighted by Crippen LogP contribution is -2.61. The predicted molar refractivity (Wildman–Crippen MR) is 122 cm³/mol. The average Bonchev–Trinajstić information content (AvgIpc) is 3.14.